The molecule has 2 nitrogen and oxygen atoms in total. The van der Waals surface area contributed by atoms with E-state index >= 15 is 0 Å². The first-order chi connectivity index (χ1) is 10.3. The highest BCUT2D eigenvalue weighted by Crippen LogP contribution is 2.40. The third-order valence-corrected chi connectivity index (χ3v) is 5.06. The summed E-state index contributed by atoms with van der Waals surface area (Å²) in [4.78, 5) is 5.83. The number of benzene rings is 1. The van der Waals surface area contributed by atoms with E-state index in [-0.39, 0.29) is 0 Å². The van der Waals surface area contributed by atoms with Crippen LogP contribution in [0.4, 0.5) is 5.00 Å². The van der Waals surface area contributed by atoms with Crippen molar-refractivity contribution < 1.29 is 0 Å². The lowest BCUT2D eigenvalue weighted by molar-refractivity contribution is 0.913. The normalized spacial score (nSPS) is 14.4. The second-order valence-electron chi connectivity index (χ2n) is 4.85. The van der Waals surface area contributed by atoms with Gasteiger partial charge in [0.05, 0.1) is 5.56 Å². The SMILES string of the molecule is N#Cc1c(N=CC(Br)=Cc2ccccc2)sc2c1CCC2. The summed E-state index contributed by atoms with van der Waals surface area (Å²) >= 11 is 5.16. The Morgan fingerprint density at radius 1 is 1.29 bits per heavy atom. The molecule has 104 valence electrons. The van der Waals surface area contributed by atoms with Gasteiger partial charge in [0.15, 0.2) is 0 Å². The fourth-order valence-electron chi connectivity index (χ4n) is 2.46. The monoisotopic (exact) mass is 356 g/mol. The summed E-state index contributed by atoms with van der Waals surface area (Å²) in [6.45, 7) is 0. The average molecular weight is 357 g/mol. The molecule has 1 aromatic heterocycles. The van der Waals surface area contributed by atoms with Gasteiger partial charge in [-0.3, -0.25) is 0 Å². The molecule has 0 spiro atoms. The molecule has 0 aliphatic heterocycles. The maximum Gasteiger partial charge on any atom is 0.134 e. The van der Waals surface area contributed by atoms with Crippen LogP contribution in [0.3, 0.4) is 0 Å². The van der Waals surface area contributed by atoms with Gasteiger partial charge < -0.3 is 0 Å². The van der Waals surface area contributed by atoms with Gasteiger partial charge in [0.25, 0.3) is 0 Å². The van der Waals surface area contributed by atoms with Crippen molar-refractivity contribution in [1.82, 2.24) is 0 Å². The van der Waals surface area contributed by atoms with Crippen LogP contribution in [0, 0.1) is 11.3 Å². The van der Waals surface area contributed by atoms with Crippen LogP contribution in [0.5, 0.6) is 0 Å². The highest BCUT2D eigenvalue weighted by atomic mass is 79.9. The van der Waals surface area contributed by atoms with Crippen molar-refractivity contribution in [3.8, 4) is 6.07 Å². The van der Waals surface area contributed by atoms with Crippen LogP contribution in [-0.2, 0) is 12.8 Å². The van der Waals surface area contributed by atoms with Crippen molar-refractivity contribution in [2.24, 2.45) is 4.99 Å². The molecule has 1 aliphatic carbocycles. The summed E-state index contributed by atoms with van der Waals surface area (Å²) in [5.74, 6) is 0. The van der Waals surface area contributed by atoms with Gasteiger partial charge in [-0.2, -0.15) is 5.26 Å². The van der Waals surface area contributed by atoms with Gasteiger partial charge in [-0.05, 0) is 52.4 Å². The molecule has 3 rings (SSSR count). The number of nitriles is 1. The van der Waals surface area contributed by atoms with Crippen molar-refractivity contribution in [2.45, 2.75) is 19.3 Å². The van der Waals surface area contributed by atoms with E-state index in [0.717, 1.165) is 39.9 Å². The van der Waals surface area contributed by atoms with Crippen molar-refractivity contribution in [2.75, 3.05) is 0 Å². The Morgan fingerprint density at radius 3 is 2.86 bits per heavy atom. The largest absolute Gasteiger partial charge is 0.243 e. The van der Waals surface area contributed by atoms with Gasteiger partial charge in [0.1, 0.15) is 11.1 Å². The van der Waals surface area contributed by atoms with Gasteiger partial charge in [-0.1, -0.05) is 30.3 Å². The summed E-state index contributed by atoms with van der Waals surface area (Å²) < 4.78 is 0.895. The van der Waals surface area contributed by atoms with E-state index in [0.29, 0.717) is 0 Å². The van der Waals surface area contributed by atoms with Crippen LogP contribution < -0.4 is 0 Å². The molecule has 4 heteroatoms. The summed E-state index contributed by atoms with van der Waals surface area (Å²) in [5.41, 5.74) is 3.10. The van der Waals surface area contributed by atoms with Gasteiger partial charge in [0, 0.05) is 15.6 Å². The number of aliphatic imine (C=N–C) groups is 1. The molecule has 0 unspecified atom stereocenters. The number of nitrogens with zero attached hydrogens (tertiary/aromatic N) is 2. The number of halogens is 1. The molecule has 0 saturated heterocycles. The lowest BCUT2D eigenvalue weighted by Gasteiger charge is -1.94. The Bertz CT molecular complexity index is 751. The molecule has 0 atom stereocenters. The van der Waals surface area contributed by atoms with Gasteiger partial charge >= 0.3 is 0 Å². The minimum atomic E-state index is 0.767. The molecule has 0 fully saturated rings. The van der Waals surface area contributed by atoms with Gasteiger partial charge in [-0.25, -0.2) is 4.99 Å². The van der Waals surface area contributed by atoms with Gasteiger partial charge in [0.2, 0.25) is 0 Å². The Morgan fingerprint density at radius 2 is 2.10 bits per heavy atom. The second kappa shape index (κ2) is 6.38. The number of hydrogen-bond acceptors (Lipinski definition) is 3. The zero-order chi connectivity index (χ0) is 14.7. The first kappa shape index (κ1) is 14.2. The number of hydrogen-bond donors (Lipinski definition) is 0. The molecule has 1 aliphatic rings. The molecule has 1 heterocycles. The molecule has 2 aromatic rings. The Labute approximate surface area is 136 Å². The minimum Gasteiger partial charge on any atom is -0.243 e. The van der Waals surface area contributed by atoms with Crippen molar-refractivity contribution in [3.05, 3.63) is 56.4 Å². The highest BCUT2D eigenvalue weighted by Gasteiger charge is 2.21. The van der Waals surface area contributed by atoms with E-state index in [1.807, 2.05) is 36.4 Å². The van der Waals surface area contributed by atoms with E-state index in [2.05, 4.69) is 27.0 Å². The third kappa shape index (κ3) is 3.15. The lowest BCUT2D eigenvalue weighted by Crippen LogP contribution is -1.80. The summed E-state index contributed by atoms with van der Waals surface area (Å²) in [5, 5.41) is 10.2. The zero-order valence-corrected chi connectivity index (χ0v) is 13.7. The topological polar surface area (TPSA) is 36.1 Å². The molecule has 0 bridgehead atoms. The van der Waals surface area contributed by atoms with E-state index in [1.165, 1.54) is 10.4 Å². The van der Waals surface area contributed by atoms with Crippen molar-refractivity contribution in [3.63, 3.8) is 0 Å². The van der Waals surface area contributed by atoms with Gasteiger partial charge in [-0.15, -0.1) is 11.3 Å². The quantitative estimate of drug-likeness (QED) is 0.692. The van der Waals surface area contributed by atoms with Crippen LogP contribution in [0.2, 0.25) is 0 Å². The fraction of sp³-hybridized carbons (Fsp3) is 0.176. The first-order valence-electron chi connectivity index (χ1n) is 6.79. The lowest BCUT2D eigenvalue weighted by atomic mass is 10.1. The zero-order valence-electron chi connectivity index (χ0n) is 11.3. The second-order valence-corrected chi connectivity index (χ2v) is 6.85. The maximum atomic E-state index is 9.33. The number of aryl methyl sites for hydroxylation is 1. The van der Waals surface area contributed by atoms with Crippen molar-refractivity contribution in [1.29, 1.82) is 5.26 Å². The predicted molar refractivity (Wildman–Crippen MR) is 92.6 cm³/mol. The Kier molecular flexibility index (Phi) is 4.33. The standard InChI is InChI=1S/C17H13BrN2S/c18-13(9-12-5-2-1-3-6-12)11-20-17-15(10-19)14-7-4-8-16(14)21-17/h1-3,5-6,9,11H,4,7-8H2. The van der Waals surface area contributed by atoms with E-state index < -0.39 is 0 Å². The summed E-state index contributed by atoms with van der Waals surface area (Å²) in [7, 11) is 0. The van der Waals surface area contributed by atoms with Crippen LogP contribution >= 0.6 is 27.3 Å². The summed E-state index contributed by atoms with van der Waals surface area (Å²) in [6, 6.07) is 12.4. The van der Waals surface area contributed by atoms with Crippen LogP contribution in [-0.4, -0.2) is 6.21 Å². The molecule has 0 radical (unpaired) electrons. The Hall–Kier alpha value is -1.70. The first-order valence-corrected chi connectivity index (χ1v) is 8.40. The minimum absolute atomic E-state index is 0.767. The maximum absolute atomic E-state index is 9.33. The Balaban J connectivity index is 1.84. The van der Waals surface area contributed by atoms with E-state index in [4.69, 9.17) is 0 Å². The smallest absolute Gasteiger partial charge is 0.134 e. The molecule has 1 aromatic carbocycles. The fourth-order valence-corrected chi connectivity index (χ4v) is 4.01. The number of allylic oxidation sites excluding steroid dienone is 1. The third-order valence-electron chi connectivity index (χ3n) is 3.42. The molecule has 0 N–H and O–H groups in total. The number of thiophene rings is 1. The molecular weight excluding hydrogens is 344 g/mol. The van der Waals surface area contributed by atoms with Crippen LogP contribution in [0.15, 0.2) is 39.8 Å². The van der Waals surface area contributed by atoms with Crippen LogP contribution in [0.25, 0.3) is 6.08 Å². The average Bonchev–Trinajstić information content (AvgIpc) is 3.06. The molecule has 21 heavy (non-hydrogen) atoms. The molecule has 0 amide bonds. The highest BCUT2D eigenvalue weighted by molar-refractivity contribution is 9.12. The molecular formula is C17H13BrN2S. The van der Waals surface area contributed by atoms with E-state index in [1.54, 1.807) is 17.6 Å². The number of rotatable bonds is 3. The predicted octanol–water partition coefficient (Wildman–Crippen LogP) is 5.25. The van der Waals surface area contributed by atoms with Crippen molar-refractivity contribution >= 4 is 44.6 Å². The molecule has 0 saturated carbocycles. The van der Waals surface area contributed by atoms with Crippen LogP contribution in [0.1, 0.15) is 28.0 Å². The summed E-state index contributed by atoms with van der Waals surface area (Å²) in [6.07, 6.45) is 7.06. The van der Waals surface area contributed by atoms with E-state index in [9.17, 15) is 5.26 Å². The number of fused-ring (bicyclic) bond motifs is 1.